The molecular weight excluding hydrogens is 462 g/mol. The molecule has 0 atom stereocenters. The van der Waals surface area contributed by atoms with Gasteiger partial charge in [0.25, 0.3) is 15.9 Å². The van der Waals surface area contributed by atoms with Crippen LogP contribution in [0.5, 0.6) is 0 Å². The average Bonchev–Trinajstić information content (AvgIpc) is 2.72. The minimum Gasteiger partial charge on any atom is -0.336 e. The van der Waals surface area contributed by atoms with Crippen molar-refractivity contribution >= 4 is 31.6 Å². The molecule has 1 N–H and O–H groups in total. The highest BCUT2D eigenvalue weighted by atomic mass is 32.2. The van der Waals surface area contributed by atoms with Crippen molar-refractivity contribution < 1.29 is 21.6 Å². The Morgan fingerprint density at radius 3 is 2.15 bits per heavy atom. The molecule has 3 rings (SSSR count). The maximum atomic E-state index is 13.1. The number of anilines is 1. The van der Waals surface area contributed by atoms with Gasteiger partial charge >= 0.3 is 0 Å². The average molecular weight is 494 g/mol. The number of hydrogen-bond donors (Lipinski definition) is 1. The maximum absolute atomic E-state index is 13.1. The molecule has 0 aromatic heterocycles. The Bertz CT molecular complexity index is 1260. The van der Waals surface area contributed by atoms with Gasteiger partial charge < -0.3 is 4.90 Å². The number of hydrogen-bond acceptors (Lipinski definition) is 5. The van der Waals surface area contributed by atoms with Gasteiger partial charge in [-0.05, 0) is 47.7 Å². The van der Waals surface area contributed by atoms with Gasteiger partial charge in [-0.3, -0.25) is 9.52 Å². The summed E-state index contributed by atoms with van der Waals surface area (Å²) in [5.41, 5.74) is 1.96. The van der Waals surface area contributed by atoms with Gasteiger partial charge in [-0.15, -0.1) is 0 Å². The molecule has 0 unspecified atom stereocenters. The van der Waals surface area contributed by atoms with Gasteiger partial charge in [-0.25, -0.2) is 16.8 Å². The maximum Gasteiger partial charge on any atom is 0.262 e. The van der Waals surface area contributed by atoms with E-state index in [-0.39, 0.29) is 48.1 Å². The van der Waals surface area contributed by atoms with Gasteiger partial charge in [0.1, 0.15) is 0 Å². The zero-order chi connectivity index (χ0) is 24.6. The molecule has 33 heavy (non-hydrogen) atoms. The summed E-state index contributed by atoms with van der Waals surface area (Å²) in [4.78, 5) is 14.7. The van der Waals surface area contributed by atoms with Crippen molar-refractivity contribution in [2.45, 2.75) is 38.0 Å². The van der Waals surface area contributed by atoms with Crippen molar-refractivity contribution in [3.63, 3.8) is 0 Å². The Balaban J connectivity index is 1.80. The number of benzene rings is 2. The Morgan fingerprint density at radius 1 is 0.939 bits per heavy atom. The zero-order valence-corrected chi connectivity index (χ0v) is 21.3. The van der Waals surface area contributed by atoms with E-state index >= 15 is 0 Å². The van der Waals surface area contributed by atoms with Crippen LogP contribution in [0.3, 0.4) is 0 Å². The molecule has 0 aliphatic carbocycles. The van der Waals surface area contributed by atoms with Crippen LogP contribution < -0.4 is 4.72 Å². The van der Waals surface area contributed by atoms with Crippen LogP contribution in [0.1, 0.15) is 42.3 Å². The molecule has 0 bridgehead atoms. The summed E-state index contributed by atoms with van der Waals surface area (Å²) in [6, 6.07) is 11.8. The minimum absolute atomic E-state index is 0.198. The highest BCUT2D eigenvalue weighted by molar-refractivity contribution is 7.92. The molecule has 8 nitrogen and oxygen atoms in total. The van der Waals surface area contributed by atoms with E-state index in [0.29, 0.717) is 11.1 Å². The number of carbonyl (C=O) groups is 1. The molecule has 1 aliphatic heterocycles. The molecule has 1 heterocycles. The van der Waals surface area contributed by atoms with E-state index < -0.39 is 20.0 Å². The zero-order valence-electron chi connectivity index (χ0n) is 19.6. The lowest BCUT2D eigenvalue weighted by atomic mass is 9.87. The monoisotopic (exact) mass is 493 g/mol. The third-order valence-corrected chi connectivity index (χ3v) is 8.53. The van der Waals surface area contributed by atoms with Crippen LogP contribution in [0.25, 0.3) is 0 Å². The van der Waals surface area contributed by atoms with Crippen molar-refractivity contribution in [1.29, 1.82) is 0 Å². The predicted molar refractivity (Wildman–Crippen MR) is 129 cm³/mol. The molecular formula is C23H31N3O5S2. The van der Waals surface area contributed by atoms with Gasteiger partial charge in [0.15, 0.2) is 0 Å². The number of sulfonamides is 2. The first kappa shape index (κ1) is 25.2. The number of rotatable bonds is 5. The second kappa shape index (κ2) is 9.08. The number of amides is 1. The highest BCUT2D eigenvalue weighted by Gasteiger charge is 2.27. The van der Waals surface area contributed by atoms with E-state index in [0.717, 1.165) is 11.8 Å². The summed E-state index contributed by atoms with van der Waals surface area (Å²) in [7, 11) is -7.16. The quantitative estimate of drug-likeness (QED) is 0.690. The Morgan fingerprint density at radius 2 is 1.58 bits per heavy atom. The Kier molecular flexibility index (Phi) is 6.93. The van der Waals surface area contributed by atoms with E-state index in [2.05, 4.69) is 4.72 Å². The van der Waals surface area contributed by atoms with Gasteiger partial charge in [-0.1, -0.05) is 39.0 Å². The molecule has 1 aliphatic rings. The molecule has 1 saturated heterocycles. The van der Waals surface area contributed by atoms with E-state index in [9.17, 15) is 21.6 Å². The first-order valence-corrected chi connectivity index (χ1v) is 14.0. The number of aryl methyl sites for hydroxylation is 1. The van der Waals surface area contributed by atoms with Crippen LogP contribution in [0, 0.1) is 6.92 Å². The molecule has 0 radical (unpaired) electrons. The molecule has 2 aromatic rings. The summed E-state index contributed by atoms with van der Waals surface area (Å²) in [6.45, 7) is 8.84. The Hall–Kier alpha value is -2.43. The fourth-order valence-electron chi connectivity index (χ4n) is 3.69. The van der Waals surface area contributed by atoms with Crippen molar-refractivity contribution in [2.24, 2.45) is 0 Å². The van der Waals surface area contributed by atoms with E-state index in [1.165, 1.54) is 10.4 Å². The molecule has 0 spiro atoms. The minimum atomic E-state index is -3.87. The normalized spacial score (nSPS) is 16.0. The SMILES string of the molecule is Cc1ccc(C(C)(C)C)cc1S(=O)(=O)Nc1cccc(C(=O)N2CCN(S(C)(=O)=O)CC2)c1. The largest absolute Gasteiger partial charge is 0.336 e. The van der Waals surface area contributed by atoms with Crippen molar-refractivity contribution in [2.75, 3.05) is 37.2 Å². The molecule has 2 aromatic carbocycles. The smallest absolute Gasteiger partial charge is 0.262 e. The number of piperazine rings is 1. The van der Waals surface area contributed by atoms with Gasteiger partial charge in [0.05, 0.1) is 11.2 Å². The third kappa shape index (κ3) is 5.93. The van der Waals surface area contributed by atoms with Crippen LogP contribution in [-0.4, -0.2) is 64.4 Å². The summed E-state index contributed by atoms with van der Waals surface area (Å²) >= 11 is 0. The molecule has 10 heteroatoms. The van der Waals surface area contributed by atoms with Gasteiger partial charge in [0, 0.05) is 37.4 Å². The summed E-state index contributed by atoms with van der Waals surface area (Å²) in [6.07, 6.45) is 1.15. The lowest BCUT2D eigenvalue weighted by Gasteiger charge is -2.33. The van der Waals surface area contributed by atoms with Crippen LogP contribution in [0.2, 0.25) is 0 Å². The first-order chi connectivity index (χ1) is 15.2. The molecule has 1 amide bonds. The second-order valence-corrected chi connectivity index (χ2v) is 13.0. The van der Waals surface area contributed by atoms with Crippen LogP contribution in [0.15, 0.2) is 47.4 Å². The third-order valence-electron chi connectivity index (χ3n) is 5.70. The molecule has 1 fully saturated rings. The molecule has 180 valence electrons. The Labute approximate surface area is 196 Å². The predicted octanol–water partition coefficient (Wildman–Crippen LogP) is 2.81. The van der Waals surface area contributed by atoms with Gasteiger partial charge in [0.2, 0.25) is 10.0 Å². The standard InChI is InChI=1S/C23H31N3O5S2/c1-17-9-10-19(23(2,3)4)16-21(17)33(30,31)24-20-8-6-7-18(15-20)22(27)25-11-13-26(14-12-25)32(5,28)29/h6-10,15-16,24H,11-14H2,1-5H3. The lowest BCUT2D eigenvalue weighted by molar-refractivity contribution is 0.0698. The summed E-state index contributed by atoms with van der Waals surface area (Å²) in [5, 5.41) is 0. The number of carbonyl (C=O) groups excluding carboxylic acids is 1. The van der Waals surface area contributed by atoms with Crippen LogP contribution in [-0.2, 0) is 25.5 Å². The van der Waals surface area contributed by atoms with E-state index in [1.54, 1.807) is 42.2 Å². The van der Waals surface area contributed by atoms with E-state index in [4.69, 9.17) is 0 Å². The fraction of sp³-hybridized carbons (Fsp3) is 0.435. The fourth-order valence-corrected chi connectivity index (χ4v) is 5.84. The van der Waals surface area contributed by atoms with Crippen LogP contribution >= 0.6 is 0 Å². The van der Waals surface area contributed by atoms with E-state index in [1.807, 2.05) is 26.8 Å². The van der Waals surface area contributed by atoms with Crippen molar-refractivity contribution in [3.05, 3.63) is 59.2 Å². The highest BCUT2D eigenvalue weighted by Crippen LogP contribution is 2.28. The first-order valence-electron chi connectivity index (χ1n) is 10.7. The lowest BCUT2D eigenvalue weighted by Crippen LogP contribution is -2.50. The van der Waals surface area contributed by atoms with Crippen LogP contribution in [0.4, 0.5) is 5.69 Å². The number of nitrogens with one attached hydrogen (secondary N) is 1. The second-order valence-electron chi connectivity index (χ2n) is 9.37. The number of nitrogens with zero attached hydrogens (tertiary/aromatic N) is 2. The summed E-state index contributed by atoms with van der Waals surface area (Å²) < 4.78 is 53.6. The molecule has 0 saturated carbocycles. The van der Waals surface area contributed by atoms with Crippen molar-refractivity contribution in [3.8, 4) is 0 Å². The summed E-state index contributed by atoms with van der Waals surface area (Å²) in [5.74, 6) is -0.268. The van der Waals surface area contributed by atoms with Gasteiger partial charge in [-0.2, -0.15) is 4.31 Å². The topological polar surface area (TPSA) is 104 Å². The van der Waals surface area contributed by atoms with Crippen molar-refractivity contribution in [1.82, 2.24) is 9.21 Å².